The van der Waals surface area contributed by atoms with Crippen LogP contribution in [0.3, 0.4) is 0 Å². The first kappa shape index (κ1) is 15.6. The molecule has 1 fully saturated rings. The average molecular weight is 311 g/mol. The number of carboxylic acid groups (broad SMARTS) is 1. The number of nitrogens with one attached hydrogen (secondary N) is 1. The van der Waals surface area contributed by atoms with Gasteiger partial charge in [-0.05, 0) is 43.4 Å². The number of hydrogen-bond donors (Lipinski definition) is 2. The van der Waals surface area contributed by atoms with Crippen molar-refractivity contribution in [3.63, 3.8) is 0 Å². The van der Waals surface area contributed by atoms with Crippen molar-refractivity contribution in [2.45, 2.75) is 32.7 Å². The standard InChI is InChI=1S/C15H19ClN2O3/c1-9-5-6-11(8-12(9)16)17-15(21)18-7-3-4-10(2)13(18)14(19)20/h5-6,8,10,13H,3-4,7H2,1-2H3,(H,17,21)(H,19,20). The molecule has 0 saturated carbocycles. The van der Waals surface area contributed by atoms with E-state index in [0.29, 0.717) is 17.3 Å². The summed E-state index contributed by atoms with van der Waals surface area (Å²) in [6, 6.07) is 4.06. The van der Waals surface area contributed by atoms with Crippen LogP contribution in [0.5, 0.6) is 0 Å². The van der Waals surface area contributed by atoms with Gasteiger partial charge in [0.1, 0.15) is 6.04 Å². The number of halogens is 1. The lowest BCUT2D eigenvalue weighted by atomic mass is 9.91. The summed E-state index contributed by atoms with van der Waals surface area (Å²) in [5.41, 5.74) is 1.49. The molecule has 0 aromatic heterocycles. The van der Waals surface area contributed by atoms with E-state index < -0.39 is 18.0 Å². The van der Waals surface area contributed by atoms with Crippen LogP contribution in [0.25, 0.3) is 0 Å². The number of anilines is 1. The van der Waals surface area contributed by atoms with Crippen molar-refractivity contribution in [2.24, 2.45) is 5.92 Å². The third-order valence-corrected chi connectivity index (χ3v) is 4.28. The lowest BCUT2D eigenvalue weighted by molar-refractivity contribution is -0.145. The van der Waals surface area contributed by atoms with Gasteiger partial charge in [-0.15, -0.1) is 0 Å². The van der Waals surface area contributed by atoms with E-state index in [0.717, 1.165) is 18.4 Å². The van der Waals surface area contributed by atoms with Crippen LogP contribution in [-0.2, 0) is 4.79 Å². The van der Waals surface area contributed by atoms with E-state index in [1.165, 1.54) is 4.90 Å². The number of aryl methyl sites for hydroxylation is 1. The molecule has 2 N–H and O–H groups in total. The van der Waals surface area contributed by atoms with Crippen molar-refractivity contribution in [2.75, 3.05) is 11.9 Å². The molecule has 2 atom stereocenters. The minimum absolute atomic E-state index is 0.0522. The van der Waals surface area contributed by atoms with Gasteiger partial charge < -0.3 is 15.3 Å². The van der Waals surface area contributed by atoms with Gasteiger partial charge in [-0.1, -0.05) is 24.6 Å². The van der Waals surface area contributed by atoms with Crippen LogP contribution < -0.4 is 5.32 Å². The molecule has 5 nitrogen and oxygen atoms in total. The maximum absolute atomic E-state index is 12.3. The quantitative estimate of drug-likeness (QED) is 0.880. The lowest BCUT2D eigenvalue weighted by Crippen LogP contribution is -2.53. The Morgan fingerprint density at radius 2 is 2.14 bits per heavy atom. The molecule has 1 heterocycles. The third kappa shape index (κ3) is 3.47. The normalized spacial score (nSPS) is 22.0. The van der Waals surface area contributed by atoms with Crippen molar-refractivity contribution in [3.8, 4) is 0 Å². The number of rotatable bonds is 2. The van der Waals surface area contributed by atoms with E-state index in [9.17, 15) is 14.7 Å². The Labute approximate surface area is 128 Å². The van der Waals surface area contributed by atoms with E-state index in [2.05, 4.69) is 5.32 Å². The Morgan fingerprint density at radius 1 is 1.43 bits per heavy atom. The van der Waals surface area contributed by atoms with Crippen molar-refractivity contribution < 1.29 is 14.7 Å². The molecule has 0 aliphatic carbocycles. The SMILES string of the molecule is Cc1ccc(NC(=O)N2CCCC(C)C2C(=O)O)cc1Cl. The van der Waals surface area contributed by atoms with Gasteiger partial charge in [0.15, 0.2) is 0 Å². The molecule has 1 saturated heterocycles. The number of likely N-dealkylation sites (tertiary alicyclic amines) is 1. The summed E-state index contributed by atoms with van der Waals surface area (Å²) in [6.07, 6.45) is 1.63. The first-order valence-corrected chi connectivity index (χ1v) is 7.34. The highest BCUT2D eigenvalue weighted by molar-refractivity contribution is 6.31. The monoisotopic (exact) mass is 310 g/mol. The largest absolute Gasteiger partial charge is 0.480 e. The minimum Gasteiger partial charge on any atom is -0.480 e. The molecule has 1 aromatic carbocycles. The number of carbonyl (C=O) groups is 2. The smallest absolute Gasteiger partial charge is 0.326 e. The fourth-order valence-corrected chi connectivity index (χ4v) is 2.84. The predicted molar refractivity (Wildman–Crippen MR) is 81.7 cm³/mol. The molecule has 1 aliphatic heterocycles. The molecule has 2 rings (SSSR count). The fourth-order valence-electron chi connectivity index (χ4n) is 2.66. The second-order valence-corrected chi connectivity index (χ2v) is 5.90. The van der Waals surface area contributed by atoms with Crippen LogP contribution >= 0.6 is 11.6 Å². The first-order valence-electron chi connectivity index (χ1n) is 6.96. The van der Waals surface area contributed by atoms with Crippen molar-refractivity contribution in [3.05, 3.63) is 28.8 Å². The Morgan fingerprint density at radius 3 is 2.76 bits per heavy atom. The number of nitrogens with zero attached hydrogens (tertiary/aromatic N) is 1. The molecule has 6 heteroatoms. The predicted octanol–water partition coefficient (Wildman–Crippen LogP) is 3.37. The zero-order valence-electron chi connectivity index (χ0n) is 12.1. The number of urea groups is 1. The molecular formula is C15H19ClN2O3. The van der Waals surface area contributed by atoms with Crippen LogP contribution in [0.4, 0.5) is 10.5 Å². The van der Waals surface area contributed by atoms with Crippen molar-refractivity contribution in [1.82, 2.24) is 4.90 Å². The molecule has 2 amide bonds. The first-order chi connectivity index (χ1) is 9.90. The molecule has 2 unspecified atom stereocenters. The summed E-state index contributed by atoms with van der Waals surface area (Å²) in [5, 5.41) is 12.6. The van der Waals surface area contributed by atoms with E-state index >= 15 is 0 Å². The van der Waals surface area contributed by atoms with Gasteiger partial charge in [0.2, 0.25) is 0 Å². The zero-order valence-corrected chi connectivity index (χ0v) is 12.9. The summed E-state index contributed by atoms with van der Waals surface area (Å²) < 4.78 is 0. The highest BCUT2D eigenvalue weighted by Gasteiger charge is 2.37. The molecular weight excluding hydrogens is 292 g/mol. The molecule has 1 aliphatic rings. The van der Waals surface area contributed by atoms with Crippen LogP contribution in [0.15, 0.2) is 18.2 Å². The topological polar surface area (TPSA) is 69.6 Å². The Balaban J connectivity index is 2.14. The lowest BCUT2D eigenvalue weighted by Gasteiger charge is -2.37. The minimum atomic E-state index is -0.959. The Bertz CT molecular complexity index is 562. The number of amides is 2. The molecule has 114 valence electrons. The van der Waals surface area contributed by atoms with E-state index in [1.54, 1.807) is 12.1 Å². The molecule has 0 radical (unpaired) electrons. The van der Waals surface area contributed by atoms with Gasteiger partial charge in [-0.25, -0.2) is 9.59 Å². The van der Waals surface area contributed by atoms with Crippen LogP contribution in [0.2, 0.25) is 5.02 Å². The van der Waals surface area contributed by atoms with E-state index in [4.69, 9.17) is 11.6 Å². The van der Waals surface area contributed by atoms with Crippen LogP contribution in [0.1, 0.15) is 25.3 Å². The summed E-state index contributed by atoms with van der Waals surface area (Å²) in [7, 11) is 0. The summed E-state index contributed by atoms with van der Waals surface area (Å²) in [5.74, 6) is -1.01. The molecule has 21 heavy (non-hydrogen) atoms. The summed E-state index contributed by atoms with van der Waals surface area (Å²) in [6.45, 7) is 4.19. The number of hydrogen-bond acceptors (Lipinski definition) is 2. The average Bonchev–Trinajstić information content (AvgIpc) is 2.42. The van der Waals surface area contributed by atoms with Gasteiger partial charge in [0.25, 0.3) is 0 Å². The molecule has 1 aromatic rings. The van der Waals surface area contributed by atoms with Gasteiger partial charge in [0.05, 0.1) is 0 Å². The van der Waals surface area contributed by atoms with Gasteiger partial charge in [-0.2, -0.15) is 0 Å². The number of carbonyl (C=O) groups excluding carboxylic acids is 1. The van der Waals surface area contributed by atoms with Crippen molar-refractivity contribution >= 4 is 29.3 Å². The maximum atomic E-state index is 12.3. The number of piperidine rings is 1. The second-order valence-electron chi connectivity index (χ2n) is 5.49. The molecule has 0 spiro atoms. The molecule has 0 bridgehead atoms. The van der Waals surface area contributed by atoms with Crippen LogP contribution in [0, 0.1) is 12.8 Å². The highest BCUT2D eigenvalue weighted by atomic mass is 35.5. The van der Waals surface area contributed by atoms with Gasteiger partial charge >= 0.3 is 12.0 Å². The summed E-state index contributed by atoms with van der Waals surface area (Å²) in [4.78, 5) is 25.1. The Hall–Kier alpha value is -1.75. The maximum Gasteiger partial charge on any atom is 0.326 e. The Kier molecular flexibility index (Phi) is 4.73. The number of carboxylic acids is 1. The van der Waals surface area contributed by atoms with Crippen LogP contribution in [-0.4, -0.2) is 34.6 Å². The van der Waals surface area contributed by atoms with Gasteiger partial charge in [0, 0.05) is 17.3 Å². The van der Waals surface area contributed by atoms with E-state index in [-0.39, 0.29) is 5.92 Å². The number of aliphatic carboxylic acids is 1. The summed E-state index contributed by atoms with van der Waals surface area (Å²) >= 11 is 6.03. The number of benzene rings is 1. The van der Waals surface area contributed by atoms with Crippen molar-refractivity contribution in [1.29, 1.82) is 0 Å². The fraction of sp³-hybridized carbons (Fsp3) is 0.467. The van der Waals surface area contributed by atoms with E-state index in [1.807, 2.05) is 19.9 Å². The van der Waals surface area contributed by atoms with Gasteiger partial charge in [-0.3, -0.25) is 0 Å². The highest BCUT2D eigenvalue weighted by Crippen LogP contribution is 2.25. The second kappa shape index (κ2) is 6.35. The zero-order chi connectivity index (χ0) is 15.6. The third-order valence-electron chi connectivity index (χ3n) is 3.87.